The maximum absolute atomic E-state index is 6.67. The molecule has 0 radical (unpaired) electrons. The number of rotatable bonds is 8. The minimum Gasteiger partial charge on any atom is -0.543 e. The molecule has 1 atom stereocenters. The lowest BCUT2D eigenvalue weighted by Gasteiger charge is -2.37. The Morgan fingerprint density at radius 3 is 1.71 bits per heavy atom. The van der Waals surface area contributed by atoms with Gasteiger partial charge >= 0.3 is 7.12 Å². The average molecular weight is 523 g/mol. The van der Waals surface area contributed by atoms with Gasteiger partial charge < -0.3 is 22.9 Å². The molecule has 1 aliphatic heterocycles. The fourth-order valence-electron chi connectivity index (χ4n) is 3.09. The van der Waals surface area contributed by atoms with Crippen LogP contribution in [0.1, 0.15) is 76.2 Å². The molecule has 1 aliphatic rings. The van der Waals surface area contributed by atoms with Crippen LogP contribution in [-0.4, -0.2) is 47.7 Å². The molecule has 0 N–H and O–H groups in total. The highest BCUT2D eigenvalue weighted by Crippen LogP contribution is 2.40. The van der Waals surface area contributed by atoms with Crippen molar-refractivity contribution in [2.75, 3.05) is 6.61 Å². The van der Waals surface area contributed by atoms with Crippen molar-refractivity contribution in [3.63, 3.8) is 0 Å². The highest BCUT2D eigenvalue weighted by Gasteiger charge is 2.52. The monoisotopic (exact) mass is 522 g/mol. The van der Waals surface area contributed by atoms with Crippen LogP contribution in [0.4, 0.5) is 0 Å². The summed E-state index contributed by atoms with van der Waals surface area (Å²) in [5.41, 5.74) is 0.0748. The summed E-state index contributed by atoms with van der Waals surface area (Å²) in [6.45, 7) is 33.4. The zero-order valence-corrected chi connectivity index (χ0v) is 27.1. The second-order valence-electron chi connectivity index (χ2n) is 14.2. The fraction of sp³-hybridized carbons (Fsp3) is 0.778. The first-order valence-electron chi connectivity index (χ1n) is 13.0. The number of hydrogen-bond donors (Lipinski definition) is 0. The van der Waals surface area contributed by atoms with Gasteiger partial charge in [0.2, 0.25) is 8.32 Å². The third kappa shape index (κ3) is 7.16. The zero-order valence-electron chi connectivity index (χ0n) is 25.1. The Labute approximate surface area is 218 Å². The van der Waals surface area contributed by atoms with Crippen LogP contribution in [-0.2, 0) is 13.7 Å². The summed E-state index contributed by atoms with van der Waals surface area (Å²) in [5, 5.41) is 0.242. The van der Waals surface area contributed by atoms with E-state index in [0.29, 0.717) is 6.61 Å². The molecule has 8 heteroatoms. The van der Waals surface area contributed by atoms with E-state index in [9.17, 15) is 0 Å². The fourth-order valence-corrected chi connectivity index (χ4v) is 5.19. The Morgan fingerprint density at radius 1 is 0.800 bits per heavy atom. The second kappa shape index (κ2) is 9.82. The normalized spacial score (nSPS) is 19.6. The maximum Gasteiger partial charge on any atom is 0.495 e. The first kappa shape index (κ1) is 30.4. The standard InChI is InChI=1S/C27H51BO5Si2/c1-20(19-29-34(12,13)24(2,3)4)30-22-16-21(28-32-26(8,9)27(10,11)33-28)17-23(18-22)31-35(14,15)25(5,6)7/h16-18,20H,19H2,1-15H3/t20-/m0/s1. The lowest BCUT2D eigenvalue weighted by Crippen LogP contribution is -2.44. The summed E-state index contributed by atoms with van der Waals surface area (Å²) in [5.74, 6) is 1.55. The van der Waals surface area contributed by atoms with Crippen molar-refractivity contribution in [3.8, 4) is 11.5 Å². The molecule has 1 aromatic carbocycles. The molecule has 1 saturated heterocycles. The van der Waals surface area contributed by atoms with Crippen molar-refractivity contribution in [1.29, 1.82) is 0 Å². The van der Waals surface area contributed by atoms with Crippen LogP contribution in [0, 0.1) is 0 Å². The van der Waals surface area contributed by atoms with Crippen molar-refractivity contribution in [2.45, 2.75) is 130 Å². The van der Waals surface area contributed by atoms with Gasteiger partial charge in [-0.1, -0.05) is 41.5 Å². The molecule has 0 aromatic heterocycles. The summed E-state index contributed by atoms with van der Waals surface area (Å²) in [4.78, 5) is 0. The van der Waals surface area contributed by atoms with Crippen LogP contribution in [0.25, 0.3) is 0 Å². The van der Waals surface area contributed by atoms with E-state index in [1.807, 2.05) is 18.2 Å². The van der Waals surface area contributed by atoms with Gasteiger partial charge in [-0.05, 0) is 88.5 Å². The molecular weight excluding hydrogens is 471 g/mol. The van der Waals surface area contributed by atoms with Gasteiger partial charge in [0.25, 0.3) is 0 Å². The van der Waals surface area contributed by atoms with Crippen molar-refractivity contribution in [2.24, 2.45) is 0 Å². The van der Waals surface area contributed by atoms with E-state index in [-0.39, 0.29) is 16.2 Å². The third-order valence-corrected chi connectivity index (χ3v) is 17.3. The van der Waals surface area contributed by atoms with Gasteiger partial charge in [-0.3, -0.25) is 0 Å². The Balaban J connectivity index is 2.34. The third-order valence-electron chi connectivity index (χ3n) is 8.43. The summed E-state index contributed by atoms with van der Waals surface area (Å²) in [6.07, 6.45) is -0.0987. The van der Waals surface area contributed by atoms with E-state index >= 15 is 0 Å². The van der Waals surface area contributed by atoms with E-state index in [1.165, 1.54) is 0 Å². The molecular formula is C27H51BO5Si2. The van der Waals surface area contributed by atoms with Crippen molar-refractivity contribution >= 4 is 29.2 Å². The molecule has 0 aliphatic carbocycles. The molecule has 35 heavy (non-hydrogen) atoms. The molecule has 5 nitrogen and oxygen atoms in total. The van der Waals surface area contributed by atoms with Crippen molar-refractivity contribution in [1.82, 2.24) is 0 Å². The average Bonchev–Trinajstić information content (AvgIpc) is 2.85. The van der Waals surface area contributed by atoms with Gasteiger partial charge in [-0.25, -0.2) is 0 Å². The molecule has 2 rings (SSSR count). The van der Waals surface area contributed by atoms with E-state index < -0.39 is 35.0 Å². The van der Waals surface area contributed by atoms with E-state index in [2.05, 4.69) is 102 Å². The van der Waals surface area contributed by atoms with Crippen LogP contribution < -0.4 is 14.6 Å². The van der Waals surface area contributed by atoms with E-state index in [4.69, 9.17) is 22.9 Å². The summed E-state index contributed by atoms with van der Waals surface area (Å²) < 4.78 is 32.2. The Morgan fingerprint density at radius 2 is 1.26 bits per heavy atom. The molecule has 0 bridgehead atoms. The molecule has 1 aromatic rings. The highest BCUT2D eigenvalue weighted by molar-refractivity contribution is 6.75. The van der Waals surface area contributed by atoms with Crippen LogP contribution in [0.3, 0.4) is 0 Å². The highest BCUT2D eigenvalue weighted by atomic mass is 28.4. The largest absolute Gasteiger partial charge is 0.543 e. The van der Waals surface area contributed by atoms with Gasteiger partial charge in [0, 0.05) is 6.07 Å². The molecule has 0 unspecified atom stereocenters. The first-order chi connectivity index (χ1) is 15.5. The maximum atomic E-state index is 6.67. The van der Waals surface area contributed by atoms with Gasteiger partial charge in [0.05, 0.1) is 17.8 Å². The van der Waals surface area contributed by atoms with Crippen molar-refractivity contribution in [3.05, 3.63) is 18.2 Å². The molecule has 1 heterocycles. The van der Waals surface area contributed by atoms with Gasteiger partial charge in [-0.15, -0.1) is 0 Å². The smallest absolute Gasteiger partial charge is 0.495 e. The van der Waals surface area contributed by atoms with Gasteiger partial charge in [-0.2, -0.15) is 0 Å². The summed E-state index contributed by atoms with van der Waals surface area (Å²) >= 11 is 0. The van der Waals surface area contributed by atoms with Crippen LogP contribution in [0.15, 0.2) is 18.2 Å². The molecule has 0 spiro atoms. The molecule has 0 saturated carbocycles. The van der Waals surface area contributed by atoms with E-state index in [1.54, 1.807) is 0 Å². The zero-order chi connectivity index (χ0) is 27.3. The van der Waals surface area contributed by atoms with Crippen LogP contribution in [0.5, 0.6) is 11.5 Å². The minimum absolute atomic E-state index is 0.0820. The topological polar surface area (TPSA) is 46.2 Å². The number of ether oxygens (including phenoxy) is 1. The molecule has 200 valence electrons. The van der Waals surface area contributed by atoms with Crippen molar-refractivity contribution < 1.29 is 22.9 Å². The molecule has 1 fully saturated rings. The van der Waals surface area contributed by atoms with Crippen LogP contribution in [0.2, 0.25) is 36.3 Å². The minimum atomic E-state index is -2.05. The predicted molar refractivity (Wildman–Crippen MR) is 153 cm³/mol. The predicted octanol–water partition coefficient (Wildman–Crippen LogP) is 7.16. The van der Waals surface area contributed by atoms with E-state index in [0.717, 1.165) is 17.0 Å². The number of hydrogen-bond acceptors (Lipinski definition) is 5. The first-order valence-corrected chi connectivity index (χ1v) is 18.8. The van der Waals surface area contributed by atoms with Gasteiger partial charge in [0.1, 0.15) is 17.6 Å². The molecule has 0 amide bonds. The lowest BCUT2D eigenvalue weighted by molar-refractivity contribution is 0.00578. The van der Waals surface area contributed by atoms with Crippen LogP contribution >= 0.6 is 0 Å². The SMILES string of the molecule is C[C@@H](CO[Si](C)(C)C(C)(C)C)Oc1cc(O[Si](C)(C)C(C)(C)C)cc(B2OC(C)(C)C(C)(C)O2)c1. The Bertz CT molecular complexity index is 869. The second-order valence-corrected chi connectivity index (χ2v) is 23.7. The Kier molecular flexibility index (Phi) is 8.54. The van der Waals surface area contributed by atoms with Gasteiger partial charge in [0.15, 0.2) is 8.32 Å². The summed E-state index contributed by atoms with van der Waals surface area (Å²) in [6, 6.07) is 6.06. The summed E-state index contributed by atoms with van der Waals surface area (Å²) in [7, 11) is -4.38. The Hall–Kier alpha value is -0.801. The lowest BCUT2D eigenvalue weighted by atomic mass is 9.79. The quantitative estimate of drug-likeness (QED) is 0.339. The number of benzene rings is 1.